The number of fused-ring (bicyclic) bond motifs is 1. The van der Waals surface area contributed by atoms with Crippen LogP contribution in [0.25, 0.3) is 11.0 Å². The number of hydrogen-bond donors (Lipinski definition) is 0. The summed E-state index contributed by atoms with van der Waals surface area (Å²) in [5, 5.41) is 0.750. The Balaban J connectivity index is 2.06. The Labute approximate surface area is 122 Å². The van der Waals surface area contributed by atoms with Crippen LogP contribution in [0.4, 0.5) is 0 Å². The van der Waals surface area contributed by atoms with Gasteiger partial charge in [0.1, 0.15) is 12.4 Å². The Morgan fingerprint density at radius 3 is 2.80 bits per heavy atom. The van der Waals surface area contributed by atoms with Crippen molar-refractivity contribution in [2.24, 2.45) is 0 Å². The summed E-state index contributed by atoms with van der Waals surface area (Å²) in [4.78, 5) is 4.63. The largest absolute Gasteiger partial charge is 0.377 e. The van der Waals surface area contributed by atoms with Gasteiger partial charge in [-0.2, -0.15) is 0 Å². The van der Waals surface area contributed by atoms with Crippen molar-refractivity contribution in [3.05, 3.63) is 64.9 Å². The van der Waals surface area contributed by atoms with E-state index in [9.17, 15) is 0 Å². The molecule has 1 heterocycles. The van der Waals surface area contributed by atoms with Crippen molar-refractivity contribution < 1.29 is 4.74 Å². The second-order valence-electron chi connectivity index (χ2n) is 4.67. The van der Waals surface area contributed by atoms with E-state index in [2.05, 4.69) is 21.7 Å². The van der Waals surface area contributed by atoms with Crippen LogP contribution in [0.2, 0.25) is 5.02 Å². The van der Waals surface area contributed by atoms with Crippen LogP contribution in [0.1, 0.15) is 11.4 Å². The van der Waals surface area contributed by atoms with Gasteiger partial charge in [0, 0.05) is 18.7 Å². The Morgan fingerprint density at radius 2 is 2.00 bits per heavy atom. The van der Waals surface area contributed by atoms with Gasteiger partial charge in [0.15, 0.2) is 0 Å². The molecule has 1 aromatic heterocycles. The molecule has 3 aromatic rings. The third-order valence-corrected chi connectivity index (χ3v) is 3.47. The number of para-hydroxylation sites is 2. The molecule has 4 heteroatoms. The molecule has 0 spiro atoms. The van der Waals surface area contributed by atoms with E-state index in [1.54, 1.807) is 7.11 Å². The molecule has 0 radical (unpaired) electrons. The summed E-state index contributed by atoms with van der Waals surface area (Å²) in [7, 11) is 1.68. The predicted octanol–water partition coefficient (Wildman–Crippen LogP) is 3.88. The molecule has 0 N–H and O–H groups in total. The lowest BCUT2D eigenvalue weighted by Gasteiger charge is -2.09. The van der Waals surface area contributed by atoms with Gasteiger partial charge in [-0.15, -0.1) is 0 Å². The van der Waals surface area contributed by atoms with Gasteiger partial charge in [-0.25, -0.2) is 4.98 Å². The first-order chi connectivity index (χ1) is 9.78. The molecule has 2 aromatic carbocycles. The molecule has 0 aliphatic rings. The lowest BCUT2D eigenvalue weighted by Crippen LogP contribution is -2.06. The van der Waals surface area contributed by atoms with Crippen molar-refractivity contribution in [3.8, 4) is 0 Å². The fourth-order valence-corrected chi connectivity index (χ4v) is 2.57. The van der Waals surface area contributed by atoms with Crippen LogP contribution in [0.3, 0.4) is 0 Å². The van der Waals surface area contributed by atoms with Gasteiger partial charge in [0.25, 0.3) is 0 Å². The number of rotatable bonds is 4. The molecule has 0 aliphatic carbocycles. The molecule has 0 atom stereocenters. The number of methoxy groups -OCH3 is 1. The highest BCUT2D eigenvalue weighted by atomic mass is 35.5. The zero-order chi connectivity index (χ0) is 13.9. The van der Waals surface area contributed by atoms with Gasteiger partial charge in [0.2, 0.25) is 0 Å². The molecular weight excluding hydrogens is 272 g/mol. The lowest BCUT2D eigenvalue weighted by molar-refractivity contribution is 0.175. The van der Waals surface area contributed by atoms with E-state index in [1.165, 1.54) is 0 Å². The molecule has 0 amide bonds. The van der Waals surface area contributed by atoms with Crippen molar-refractivity contribution in [2.75, 3.05) is 7.11 Å². The van der Waals surface area contributed by atoms with E-state index in [-0.39, 0.29) is 0 Å². The van der Waals surface area contributed by atoms with Crippen molar-refractivity contribution in [2.45, 2.75) is 13.2 Å². The highest BCUT2D eigenvalue weighted by Crippen LogP contribution is 2.19. The molecule has 0 saturated carbocycles. The topological polar surface area (TPSA) is 27.1 Å². The molecule has 0 aliphatic heterocycles. The molecule has 0 bridgehead atoms. The molecule has 3 nitrogen and oxygen atoms in total. The first-order valence-electron chi connectivity index (χ1n) is 6.45. The zero-order valence-electron chi connectivity index (χ0n) is 11.2. The van der Waals surface area contributed by atoms with Gasteiger partial charge >= 0.3 is 0 Å². The summed E-state index contributed by atoms with van der Waals surface area (Å²) in [6, 6.07) is 16.0. The molecule has 20 heavy (non-hydrogen) atoms. The fraction of sp³-hybridized carbons (Fsp3) is 0.188. The van der Waals surface area contributed by atoms with E-state index < -0.39 is 0 Å². The number of ether oxygens (including phenoxy) is 1. The van der Waals surface area contributed by atoms with Crippen molar-refractivity contribution in [3.63, 3.8) is 0 Å². The highest BCUT2D eigenvalue weighted by molar-refractivity contribution is 6.30. The van der Waals surface area contributed by atoms with Crippen LogP contribution in [-0.4, -0.2) is 16.7 Å². The van der Waals surface area contributed by atoms with Crippen LogP contribution in [0.5, 0.6) is 0 Å². The maximum atomic E-state index is 6.05. The third kappa shape index (κ3) is 2.55. The predicted molar refractivity (Wildman–Crippen MR) is 81.0 cm³/mol. The summed E-state index contributed by atoms with van der Waals surface area (Å²) in [6.45, 7) is 1.23. The Bertz CT molecular complexity index is 736. The summed E-state index contributed by atoms with van der Waals surface area (Å²) in [6.07, 6.45) is 0. The standard InChI is InChI=1S/C16H15ClN2O/c1-20-11-16-18-14-7-2-3-8-15(14)19(16)10-12-5-4-6-13(17)9-12/h2-9H,10-11H2,1H3. The van der Waals surface area contributed by atoms with Crippen LogP contribution in [0, 0.1) is 0 Å². The summed E-state index contributed by atoms with van der Waals surface area (Å²) in [5.41, 5.74) is 3.25. The van der Waals surface area contributed by atoms with Crippen molar-refractivity contribution >= 4 is 22.6 Å². The minimum absolute atomic E-state index is 0.495. The minimum atomic E-state index is 0.495. The summed E-state index contributed by atoms with van der Waals surface area (Å²) in [5.74, 6) is 0.925. The van der Waals surface area contributed by atoms with Gasteiger partial charge in [-0.05, 0) is 29.8 Å². The molecule has 0 unspecified atom stereocenters. The summed E-state index contributed by atoms with van der Waals surface area (Å²) < 4.78 is 7.42. The average molecular weight is 287 g/mol. The van der Waals surface area contributed by atoms with Gasteiger partial charge in [0.05, 0.1) is 11.0 Å². The van der Waals surface area contributed by atoms with Crippen LogP contribution in [0.15, 0.2) is 48.5 Å². The van der Waals surface area contributed by atoms with Crippen LogP contribution < -0.4 is 0 Å². The second-order valence-corrected chi connectivity index (χ2v) is 5.10. The molecule has 0 saturated heterocycles. The van der Waals surface area contributed by atoms with Gasteiger partial charge in [-0.3, -0.25) is 0 Å². The molecular formula is C16H15ClN2O. The Hall–Kier alpha value is -1.84. The van der Waals surface area contributed by atoms with Crippen molar-refractivity contribution in [1.29, 1.82) is 0 Å². The molecule has 102 valence electrons. The van der Waals surface area contributed by atoms with Gasteiger partial charge in [-0.1, -0.05) is 35.9 Å². The third-order valence-electron chi connectivity index (χ3n) is 3.24. The van der Waals surface area contributed by atoms with E-state index in [4.69, 9.17) is 16.3 Å². The first-order valence-corrected chi connectivity index (χ1v) is 6.83. The number of benzene rings is 2. The smallest absolute Gasteiger partial charge is 0.136 e. The summed E-state index contributed by atoms with van der Waals surface area (Å²) >= 11 is 6.05. The number of aromatic nitrogens is 2. The molecule has 3 rings (SSSR count). The SMILES string of the molecule is COCc1nc2ccccc2n1Cc1cccc(Cl)c1. The Kier molecular flexibility index (Phi) is 3.72. The van der Waals surface area contributed by atoms with Crippen LogP contribution in [-0.2, 0) is 17.9 Å². The van der Waals surface area contributed by atoms with Crippen LogP contribution >= 0.6 is 11.6 Å². The maximum Gasteiger partial charge on any atom is 0.136 e. The number of halogens is 1. The fourth-order valence-electron chi connectivity index (χ4n) is 2.36. The number of imidazole rings is 1. The normalized spacial score (nSPS) is 11.1. The maximum absolute atomic E-state index is 6.05. The quantitative estimate of drug-likeness (QED) is 0.728. The highest BCUT2D eigenvalue weighted by Gasteiger charge is 2.10. The second kappa shape index (κ2) is 5.65. The Morgan fingerprint density at radius 1 is 1.15 bits per heavy atom. The zero-order valence-corrected chi connectivity index (χ0v) is 12.0. The number of hydrogen-bond acceptors (Lipinski definition) is 2. The van der Waals surface area contributed by atoms with Gasteiger partial charge < -0.3 is 9.30 Å². The molecule has 0 fully saturated rings. The average Bonchev–Trinajstić information content (AvgIpc) is 2.78. The van der Waals surface area contributed by atoms with E-state index in [0.29, 0.717) is 6.61 Å². The van der Waals surface area contributed by atoms with Crippen molar-refractivity contribution in [1.82, 2.24) is 9.55 Å². The van der Waals surface area contributed by atoms with E-state index >= 15 is 0 Å². The first kappa shape index (κ1) is 13.2. The van der Waals surface area contributed by atoms with E-state index in [0.717, 1.165) is 34.0 Å². The monoisotopic (exact) mass is 286 g/mol. The minimum Gasteiger partial charge on any atom is -0.377 e. The number of nitrogens with zero attached hydrogens (tertiary/aromatic N) is 2. The lowest BCUT2D eigenvalue weighted by atomic mass is 10.2. The van der Waals surface area contributed by atoms with E-state index in [1.807, 2.05) is 36.4 Å².